The van der Waals surface area contributed by atoms with Gasteiger partial charge in [-0.15, -0.1) is 0 Å². The van der Waals surface area contributed by atoms with Gasteiger partial charge in [0.1, 0.15) is 0 Å². The SMILES string of the molecule is CN1Cc2ccccc2C[C@@H]1C(=O)N1CCCN(C(=O)c2ccco2)CC1. The zero-order chi connectivity index (χ0) is 18.8. The highest BCUT2D eigenvalue weighted by atomic mass is 16.3. The van der Waals surface area contributed by atoms with Gasteiger partial charge in [-0.1, -0.05) is 24.3 Å². The van der Waals surface area contributed by atoms with Gasteiger partial charge in [-0.2, -0.15) is 0 Å². The maximum absolute atomic E-state index is 13.2. The lowest BCUT2D eigenvalue weighted by Gasteiger charge is -2.36. The maximum atomic E-state index is 13.2. The van der Waals surface area contributed by atoms with Gasteiger partial charge in [-0.25, -0.2) is 0 Å². The lowest BCUT2D eigenvalue weighted by molar-refractivity contribution is -0.137. The van der Waals surface area contributed by atoms with E-state index in [2.05, 4.69) is 17.0 Å². The molecule has 2 aliphatic heterocycles. The lowest BCUT2D eigenvalue weighted by atomic mass is 9.93. The number of furan rings is 1. The third-order valence-electron chi connectivity index (χ3n) is 5.60. The fraction of sp³-hybridized carbons (Fsp3) is 0.429. The van der Waals surface area contributed by atoms with Crippen molar-refractivity contribution in [3.8, 4) is 0 Å². The average Bonchev–Trinajstić information content (AvgIpc) is 3.11. The predicted molar refractivity (Wildman–Crippen MR) is 101 cm³/mol. The molecule has 6 heteroatoms. The van der Waals surface area contributed by atoms with Crippen LogP contribution in [0.15, 0.2) is 47.1 Å². The summed E-state index contributed by atoms with van der Waals surface area (Å²) >= 11 is 0. The highest BCUT2D eigenvalue weighted by Gasteiger charge is 2.33. The average molecular weight is 367 g/mol. The van der Waals surface area contributed by atoms with Crippen LogP contribution in [0.2, 0.25) is 0 Å². The van der Waals surface area contributed by atoms with Crippen LogP contribution in [-0.2, 0) is 17.8 Å². The van der Waals surface area contributed by atoms with Crippen LogP contribution in [0, 0.1) is 0 Å². The molecule has 0 aliphatic carbocycles. The topological polar surface area (TPSA) is 57.0 Å². The Morgan fingerprint density at radius 1 is 0.963 bits per heavy atom. The number of hydrogen-bond donors (Lipinski definition) is 0. The summed E-state index contributed by atoms with van der Waals surface area (Å²) in [5.41, 5.74) is 2.56. The molecule has 1 fully saturated rings. The van der Waals surface area contributed by atoms with E-state index in [1.54, 1.807) is 17.0 Å². The molecule has 0 N–H and O–H groups in total. The van der Waals surface area contributed by atoms with Crippen molar-refractivity contribution in [2.24, 2.45) is 0 Å². The second kappa shape index (κ2) is 7.56. The summed E-state index contributed by atoms with van der Waals surface area (Å²) in [5, 5.41) is 0. The third kappa shape index (κ3) is 3.62. The molecule has 3 heterocycles. The molecule has 0 saturated carbocycles. The van der Waals surface area contributed by atoms with E-state index < -0.39 is 0 Å². The van der Waals surface area contributed by atoms with Gasteiger partial charge >= 0.3 is 0 Å². The zero-order valence-electron chi connectivity index (χ0n) is 15.6. The largest absolute Gasteiger partial charge is 0.459 e. The summed E-state index contributed by atoms with van der Waals surface area (Å²) in [5.74, 6) is 0.427. The normalized spacial score (nSPS) is 20.9. The van der Waals surface area contributed by atoms with Crippen molar-refractivity contribution in [2.75, 3.05) is 33.2 Å². The monoisotopic (exact) mass is 367 g/mol. The van der Waals surface area contributed by atoms with Gasteiger partial charge in [-0.3, -0.25) is 14.5 Å². The summed E-state index contributed by atoms with van der Waals surface area (Å²) in [4.78, 5) is 31.5. The molecular formula is C21H25N3O3. The van der Waals surface area contributed by atoms with E-state index in [1.807, 2.05) is 24.1 Å². The van der Waals surface area contributed by atoms with Gasteiger partial charge in [0.2, 0.25) is 5.91 Å². The number of nitrogens with zero attached hydrogens (tertiary/aromatic N) is 3. The number of fused-ring (bicyclic) bond motifs is 1. The molecule has 1 aromatic carbocycles. The molecule has 6 nitrogen and oxygen atoms in total. The highest BCUT2D eigenvalue weighted by molar-refractivity contribution is 5.91. The minimum Gasteiger partial charge on any atom is -0.459 e. The second-order valence-electron chi connectivity index (χ2n) is 7.35. The van der Waals surface area contributed by atoms with Crippen molar-refractivity contribution >= 4 is 11.8 Å². The molecule has 2 aromatic rings. The minimum absolute atomic E-state index is 0.0991. The van der Waals surface area contributed by atoms with Gasteiger partial charge < -0.3 is 14.2 Å². The van der Waals surface area contributed by atoms with Crippen molar-refractivity contribution in [3.05, 3.63) is 59.5 Å². The molecule has 1 saturated heterocycles. The third-order valence-corrected chi connectivity index (χ3v) is 5.60. The standard InChI is InChI=1S/C21H25N3O3/c1-22-15-17-7-3-2-6-16(17)14-18(22)20(25)23-9-5-10-24(12-11-23)21(26)19-8-4-13-27-19/h2-4,6-8,13,18H,5,9-12,14-15H2,1H3/t18-/m1/s1. The first-order valence-corrected chi connectivity index (χ1v) is 9.52. The number of rotatable bonds is 2. The zero-order valence-corrected chi connectivity index (χ0v) is 15.6. The Kier molecular flexibility index (Phi) is 4.99. The molecule has 27 heavy (non-hydrogen) atoms. The van der Waals surface area contributed by atoms with Gasteiger partial charge in [0.25, 0.3) is 5.91 Å². The molecule has 4 rings (SSSR count). The Morgan fingerprint density at radius 2 is 1.70 bits per heavy atom. The first-order valence-electron chi connectivity index (χ1n) is 9.52. The van der Waals surface area contributed by atoms with Crippen molar-refractivity contribution < 1.29 is 14.0 Å². The second-order valence-corrected chi connectivity index (χ2v) is 7.35. The van der Waals surface area contributed by atoms with Crippen LogP contribution in [-0.4, -0.2) is 65.8 Å². The van der Waals surface area contributed by atoms with E-state index in [-0.39, 0.29) is 17.9 Å². The van der Waals surface area contributed by atoms with E-state index in [0.29, 0.717) is 31.9 Å². The first kappa shape index (κ1) is 17.8. The predicted octanol–water partition coefficient (Wildman–Crippen LogP) is 2.01. The highest BCUT2D eigenvalue weighted by Crippen LogP contribution is 2.23. The van der Waals surface area contributed by atoms with Crippen molar-refractivity contribution in [1.82, 2.24) is 14.7 Å². The smallest absolute Gasteiger partial charge is 0.289 e. The summed E-state index contributed by atoms with van der Waals surface area (Å²) in [6, 6.07) is 11.6. The Hall–Kier alpha value is -2.60. The molecule has 0 spiro atoms. The number of carbonyl (C=O) groups excluding carboxylic acids is 2. The summed E-state index contributed by atoms with van der Waals surface area (Å²) < 4.78 is 5.23. The van der Waals surface area contributed by atoms with Crippen LogP contribution in [0.3, 0.4) is 0 Å². The molecule has 0 bridgehead atoms. The molecule has 2 amide bonds. The van der Waals surface area contributed by atoms with Crippen LogP contribution < -0.4 is 0 Å². The van der Waals surface area contributed by atoms with Gasteiger partial charge in [-0.05, 0) is 43.1 Å². The van der Waals surface area contributed by atoms with Crippen LogP contribution in [0.1, 0.15) is 28.1 Å². The number of amides is 2. The summed E-state index contributed by atoms with van der Waals surface area (Å²) in [6.45, 7) is 3.23. The van der Waals surface area contributed by atoms with E-state index in [4.69, 9.17) is 4.42 Å². The fourth-order valence-electron chi connectivity index (χ4n) is 4.04. The van der Waals surface area contributed by atoms with Gasteiger partial charge in [0.05, 0.1) is 12.3 Å². The molecule has 142 valence electrons. The number of carbonyl (C=O) groups is 2. The van der Waals surface area contributed by atoms with E-state index >= 15 is 0 Å². The van der Waals surface area contributed by atoms with Crippen LogP contribution in [0.4, 0.5) is 0 Å². The quantitative estimate of drug-likeness (QED) is 0.815. The Bertz CT molecular complexity index is 818. The summed E-state index contributed by atoms with van der Waals surface area (Å²) in [7, 11) is 2.02. The van der Waals surface area contributed by atoms with Crippen molar-refractivity contribution in [1.29, 1.82) is 0 Å². The van der Waals surface area contributed by atoms with Crippen molar-refractivity contribution in [2.45, 2.75) is 25.4 Å². The fourth-order valence-corrected chi connectivity index (χ4v) is 4.04. The van der Waals surface area contributed by atoms with Gasteiger partial charge in [0.15, 0.2) is 5.76 Å². The maximum Gasteiger partial charge on any atom is 0.289 e. The Morgan fingerprint density at radius 3 is 2.48 bits per heavy atom. The minimum atomic E-state index is -0.132. The van der Waals surface area contributed by atoms with E-state index in [0.717, 1.165) is 19.4 Å². The molecule has 0 radical (unpaired) electrons. The van der Waals surface area contributed by atoms with Crippen molar-refractivity contribution in [3.63, 3.8) is 0 Å². The Balaban J connectivity index is 1.42. The van der Waals surface area contributed by atoms with Crippen LogP contribution >= 0.6 is 0 Å². The number of hydrogen-bond acceptors (Lipinski definition) is 4. The van der Waals surface area contributed by atoms with Crippen LogP contribution in [0.25, 0.3) is 0 Å². The molecule has 1 aromatic heterocycles. The number of likely N-dealkylation sites (N-methyl/N-ethyl adjacent to an activating group) is 1. The van der Waals surface area contributed by atoms with E-state index in [9.17, 15) is 9.59 Å². The van der Waals surface area contributed by atoms with Crippen LogP contribution in [0.5, 0.6) is 0 Å². The van der Waals surface area contributed by atoms with Gasteiger partial charge in [0, 0.05) is 32.7 Å². The summed E-state index contributed by atoms with van der Waals surface area (Å²) in [6.07, 6.45) is 3.04. The Labute approximate surface area is 159 Å². The molecular weight excluding hydrogens is 342 g/mol. The number of benzene rings is 1. The first-order chi connectivity index (χ1) is 13.1. The lowest BCUT2D eigenvalue weighted by Crippen LogP contribution is -2.51. The van der Waals surface area contributed by atoms with E-state index in [1.165, 1.54) is 17.4 Å². The molecule has 1 atom stereocenters. The molecule has 2 aliphatic rings. The molecule has 0 unspecified atom stereocenters.